The van der Waals surface area contributed by atoms with E-state index >= 15 is 0 Å². The fourth-order valence-electron chi connectivity index (χ4n) is 3.10. The zero-order valence-corrected chi connectivity index (χ0v) is 12.2. The SMILES string of the molecule is NC1CCN(Cc2ccc(N3CCNCC3)cc2)CC1. The Morgan fingerprint density at radius 2 is 1.65 bits per heavy atom. The van der Waals surface area contributed by atoms with Gasteiger partial charge in [0.25, 0.3) is 0 Å². The van der Waals surface area contributed by atoms with Gasteiger partial charge in [-0.3, -0.25) is 4.90 Å². The van der Waals surface area contributed by atoms with Gasteiger partial charge >= 0.3 is 0 Å². The highest BCUT2D eigenvalue weighted by Crippen LogP contribution is 2.18. The predicted molar refractivity (Wildman–Crippen MR) is 84.0 cm³/mol. The Morgan fingerprint density at radius 1 is 1.00 bits per heavy atom. The van der Waals surface area contributed by atoms with Crippen LogP contribution in [-0.4, -0.2) is 50.2 Å². The molecule has 0 bridgehead atoms. The van der Waals surface area contributed by atoms with Crippen LogP contribution in [0, 0.1) is 0 Å². The molecular weight excluding hydrogens is 248 g/mol. The molecule has 2 fully saturated rings. The van der Waals surface area contributed by atoms with Crippen LogP contribution in [0.15, 0.2) is 24.3 Å². The molecule has 2 aliphatic heterocycles. The van der Waals surface area contributed by atoms with E-state index in [1.54, 1.807) is 0 Å². The quantitative estimate of drug-likeness (QED) is 0.864. The summed E-state index contributed by atoms with van der Waals surface area (Å²) in [4.78, 5) is 4.98. The fourth-order valence-corrected chi connectivity index (χ4v) is 3.10. The van der Waals surface area contributed by atoms with E-state index in [1.807, 2.05) is 0 Å². The maximum Gasteiger partial charge on any atom is 0.0367 e. The van der Waals surface area contributed by atoms with Gasteiger partial charge < -0.3 is 16.0 Å². The number of nitrogens with zero attached hydrogens (tertiary/aromatic N) is 2. The van der Waals surface area contributed by atoms with Gasteiger partial charge in [-0.1, -0.05) is 12.1 Å². The molecule has 4 nitrogen and oxygen atoms in total. The van der Waals surface area contributed by atoms with Crippen LogP contribution in [0.4, 0.5) is 5.69 Å². The summed E-state index contributed by atoms with van der Waals surface area (Å²) < 4.78 is 0. The van der Waals surface area contributed by atoms with Gasteiger partial charge in [-0.15, -0.1) is 0 Å². The minimum Gasteiger partial charge on any atom is -0.369 e. The van der Waals surface area contributed by atoms with Gasteiger partial charge in [0.05, 0.1) is 0 Å². The van der Waals surface area contributed by atoms with Gasteiger partial charge in [-0.2, -0.15) is 0 Å². The molecule has 3 rings (SSSR count). The van der Waals surface area contributed by atoms with Gasteiger partial charge in [0, 0.05) is 44.5 Å². The number of hydrogen-bond donors (Lipinski definition) is 2. The number of anilines is 1. The van der Waals surface area contributed by atoms with Crippen LogP contribution < -0.4 is 16.0 Å². The number of piperidine rings is 1. The molecule has 0 spiro atoms. The summed E-state index contributed by atoms with van der Waals surface area (Å²) in [6.07, 6.45) is 2.28. The summed E-state index contributed by atoms with van der Waals surface area (Å²) in [5.74, 6) is 0. The predicted octanol–water partition coefficient (Wildman–Crippen LogP) is 1.02. The second-order valence-electron chi connectivity index (χ2n) is 6.02. The molecule has 0 saturated carbocycles. The van der Waals surface area contributed by atoms with Crippen molar-refractivity contribution in [1.82, 2.24) is 10.2 Å². The number of nitrogens with one attached hydrogen (secondary N) is 1. The average Bonchev–Trinajstić information content (AvgIpc) is 2.51. The Hall–Kier alpha value is -1.10. The monoisotopic (exact) mass is 274 g/mol. The molecule has 2 saturated heterocycles. The summed E-state index contributed by atoms with van der Waals surface area (Å²) in [7, 11) is 0. The topological polar surface area (TPSA) is 44.5 Å². The largest absolute Gasteiger partial charge is 0.369 e. The smallest absolute Gasteiger partial charge is 0.0367 e. The average molecular weight is 274 g/mol. The van der Waals surface area contributed by atoms with Crippen LogP contribution in [0.2, 0.25) is 0 Å². The Morgan fingerprint density at radius 3 is 2.30 bits per heavy atom. The number of piperazine rings is 1. The number of hydrogen-bond acceptors (Lipinski definition) is 4. The summed E-state index contributed by atoms with van der Waals surface area (Å²) in [5, 5.41) is 3.40. The molecule has 0 unspecified atom stereocenters. The van der Waals surface area contributed by atoms with E-state index in [1.165, 1.54) is 11.3 Å². The first-order valence-electron chi connectivity index (χ1n) is 7.84. The Balaban J connectivity index is 1.55. The number of benzene rings is 1. The van der Waals surface area contributed by atoms with Crippen molar-refractivity contribution in [3.8, 4) is 0 Å². The molecule has 0 atom stereocenters. The van der Waals surface area contributed by atoms with Crippen LogP contribution >= 0.6 is 0 Å². The van der Waals surface area contributed by atoms with Crippen molar-refractivity contribution >= 4 is 5.69 Å². The minimum absolute atomic E-state index is 0.418. The molecule has 1 aromatic carbocycles. The van der Waals surface area contributed by atoms with Crippen molar-refractivity contribution in [2.24, 2.45) is 5.73 Å². The maximum atomic E-state index is 5.96. The Labute approximate surface area is 121 Å². The van der Waals surface area contributed by atoms with E-state index in [0.717, 1.165) is 58.7 Å². The van der Waals surface area contributed by atoms with E-state index in [-0.39, 0.29) is 0 Å². The summed E-state index contributed by atoms with van der Waals surface area (Å²) >= 11 is 0. The number of likely N-dealkylation sites (tertiary alicyclic amines) is 1. The minimum atomic E-state index is 0.418. The van der Waals surface area contributed by atoms with Gasteiger partial charge in [0.15, 0.2) is 0 Å². The van der Waals surface area contributed by atoms with Crippen molar-refractivity contribution in [3.05, 3.63) is 29.8 Å². The van der Waals surface area contributed by atoms with Crippen molar-refractivity contribution in [1.29, 1.82) is 0 Å². The van der Waals surface area contributed by atoms with Gasteiger partial charge in [0.2, 0.25) is 0 Å². The Bertz CT molecular complexity index is 403. The molecule has 110 valence electrons. The van der Waals surface area contributed by atoms with Crippen LogP contribution in [0.5, 0.6) is 0 Å². The molecule has 20 heavy (non-hydrogen) atoms. The van der Waals surface area contributed by atoms with Crippen LogP contribution in [0.3, 0.4) is 0 Å². The molecule has 0 aromatic heterocycles. The van der Waals surface area contributed by atoms with Gasteiger partial charge in [-0.25, -0.2) is 0 Å². The molecule has 4 heteroatoms. The van der Waals surface area contributed by atoms with E-state index in [4.69, 9.17) is 5.73 Å². The zero-order valence-electron chi connectivity index (χ0n) is 12.2. The molecular formula is C16H26N4. The summed E-state index contributed by atoms with van der Waals surface area (Å²) in [6.45, 7) is 7.76. The molecule has 0 amide bonds. The van der Waals surface area contributed by atoms with Crippen molar-refractivity contribution in [2.45, 2.75) is 25.4 Å². The van der Waals surface area contributed by atoms with Crippen LogP contribution in [0.25, 0.3) is 0 Å². The van der Waals surface area contributed by atoms with Crippen molar-refractivity contribution < 1.29 is 0 Å². The molecule has 0 radical (unpaired) electrons. The van der Waals surface area contributed by atoms with Gasteiger partial charge in [0.1, 0.15) is 0 Å². The summed E-state index contributed by atoms with van der Waals surface area (Å²) in [5.41, 5.74) is 8.73. The lowest BCUT2D eigenvalue weighted by Gasteiger charge is -2.31. The first-order valence-corrected chi connectivity index (χ1v) is 7.84. The molecule has 2 heterocycles. The van der Waals surface area contributed by atoms with Crippen molar-refractivity contribution in [3.63, 3.8) is 0 Å². The normalized spacial score (nSPS) is 22.1. The third kappa shape index (κ3) is 3.51. The lowest BCUT2D eigenvalue weighted by Crippen LogP contribution is -2.43. The van der Waals surface area contributed by atoms with E-state index < -0.39 is 0 Å². The third-order valence-electron chi connectivity index (χ3n) is 4.46. The van der Waals surface area contributed by atoms with Crippen LogP contribution in [0.1, 0.15) is 18.4 Å². The fraction of sp³-hybridized carbons (Fsp3) is 0.625. The molecule has 2 aliphatic rings. The zero-order chi connectivity index (χ0) is 13.8. The van der Waals surface area contributed by atoms with Crippen molar-refractivity contribution in [2.75, 3.05) is 44.2 Å². The molecule has 0 aliphatic carbocycles. The van der Waals surface area contributed by atoms with E-state index in [9.17, 15) is 0 Å². The lowest BCUT2D eigenvalue weighted by molar-refractivity contribution is 0.205. The highest BCUT2D eigenvalue weighted by Gasteiger charge is 2.16. The third-order valence-corrected chi connectivity index (χ3v) is 4.46. The number of nitrogens with two attached hydrogens (primary N) is 1. The summed E-state index contributed by atoms with van der Waals surface area (Å²) in [6, 6.07) is 9.53. The Kier molecular flexibility index (Phi) is 4.55. The second kappa shape index (κ2) is 6.57. The van der Waals surface area contributed by atoms with Gasteiger partial charge in [-0.05, 0) is 43.6 Å². The van der Waals surface area contributed by atoms with E-state index in [2.05, 4.69) is 39.4 Å². The molecule has 3 N–H and O–H groups in total. The standard InChI is InChI=1S/C16H26N4/c17-15-5-9-19(10-6-15)13-14-1-3-16(4-2-14)20-11-7-18-8-12-20/h1-4,15,18H,5-13,17H2. The van der Waals surface area contributed by atoms with Crippen LogP contribution in [-0.2, 0) is 6.54 Å². The lowest BCUT2D eigenvalue weighted by atomic mass is 10.1. The first-order chi connectivity index (χ1) is 9.81. The van der Waals surface area contributed by atoms with E-state index in [0.29, 0.717) is 6.04 Å². The molecule has 1 aromatic rings. The first kappa shape index (κ1) is 13.9. The highest BCUT2D eigenvalue weighted by molar-refractivity contribution is 5.48. The highest BCUT2D eigenvalue weighted by atomic mass is 15.2. The second-order valence-corrected chi connectivity index (χ2v) is 6.02. The number of rotatable bonds is 3. The maximum absolute atomic E-state index is 5.96.